The van der Waals surface area contributed by atoms with Crippen LogP contribution in [0.15, 0.2) is 23.6 Å². The summed E-state index contributed by atoms with van der Waals surface area (Å²) < 4.78 is 0. The SMILES string of the molecule is O=C([O-])[C@H]1[C@H]2CC[C@@H](C2)[C@@H]1C(=O)Nc1nc(-c2ccc(Cl)cc2Cl)cs1. The first-order valence-corrected chi connectivity index (χ1v) is 10.0. The molecular formula is C18H15Cl2N2O3S-. The Bertz CT molecular complexity index is 885. The van der Waals surface area contributed by atoms with Crippen molar-refractivity contribution in [2.24, 2.45) is 23.7 Å². The van der Waals surface area contributed by atoms with Crippen LogP contribution in [0.1, 0.15) is 19.3 Å². The highest BCUT2D eigenvalue weighted by molar-refractivity contribution is 7.14. The smallest absolute Gasteiger partial charge is 0.230 e. The summed E-state index contributed by atoms with van der Waals surface area (Å²) >= 11 is 13.4. The number of nitrogens with one attached hydrogen (secondary N) is 1. The Balaban J connectivity index is 1.52. The summed E-state index contributed by atoms with van der Waals surface area (Å²) in [6, 6.07) is 5.13. The van der Waals surface area contributed by atoms with Gasteiger partial charge in [-0.05, 0) is 49.3 Å². The van der Waals surface area contributed by atoms with Crippen molar-refractivity contribution in [3.05, 3.63) is 33.6 Å². The summed E-state index contributed by atoms with van der Waals surface area (Å²) in [5.74, 6) is -2.46. The molecule has 2 aliphatic rings. The standard InChI is InChI=1S/C18H16Cl2N2O3S/c19-10-3-4-11(12(20)6-10)13-7-26-18(21-13)22-16(23)14-8-1-2-9(5-8)15(14)17(24)25/h3-4,6-9,14-15H,1-2,5H2,(H,24,25)(H,21,22,23)/p-1/t8-,9-,14-,15-/m0/s1. The number of carbonyl (C=O) groups is 2. The van der Waals surface area contributed by atoms with Crippen molar-refractivity contribution < 1.29 is 14.7 Å². The van der Waals surface area contributed by atoms with E-state index in [-0.39, 0.29) is 17.7 Å². The third-order valence-corrected chi connectivity index (χ3v) is 6.74. The second-order valence-electron chi connectivity index (χ2n) is 6.86. The number of hydrogen-bond donors (Lipinski definition) is 1. The number of carbonyl (C=O) groups excluding carboxylic acids is 2. The summed E-state index contributed by atoms with van der Waals surface area (Å²) in [5, 5.41) is 17.5. The molecule has 2 aromatic rings. The number of aromatic nitrogens is 1. The van der Waals surface area contributed by atoms with Gasteiger partial charge in [-0.25, -0.2) is 4.98 Å². The molecule has 0 spiro atoms. The molecule has 2 bridgehead atoms. The van der Waals surface area contributed by atoms with E-state index in [0.717, 1.165) is 24.8 Å². The van der Waals surface area contributed by atoms with Crippen LogP contribution in [0.5, 0.6) is 0 Å². The second kappa shape index (κ2) is 6.83. The normalized spacial score (nSPS) is 26.8. The number of fused-ring (bicyclic) bond motifs is 2. The zero-order chi connectivity index (χ0) is 18.4. The summed E-state index contributed by atoms with van der Waals surface area (Å²) in [6.45, 7) is 0. The zero-order valence-corrected chi connectivity index (χ0v) is 15.9. The third-order valence-electron chi connectivity index (χ3n) is 5.43. The Labute approximate surface area is 164 Å². The zero-order valence-electron chi connectivity index (χ0n) is 13.6. The molecule has 0 unspecified atom stereocenters. The quantitative estimate of drug-likeness (QED) is 0.837. The molecule has 136 valence electrons. The highest BCUT2D eigenvalue weighted by Gasteiger charge is 2.51. The minimum Gasteiger partial charge on any atom is -0.550 e. The molecule has 1 aromatic heterocycles. The lowest BCUT2D eigenvalue weighted by Crippen LogP contribution is -2.43. The van der Waals surface area contributed by atoms with Gasteiger partial charge in [0.25, 0.3) is 0 Å². The molecule has 4 atom stereocenters. The van der Waals surface area contributed by atoms with Crippen LogP contribution in [-0.4, -0.2) is 16.9 Å². The van der Waals surface area contributed by atoms with E-state index >= 15 is 0 Å². The molecule has 0 aliphatic heterocycles. The van der Waals surface area contributed by atoms with E-state index in [1.54, 1.807) is 23.6 Å². The molecule has 1 amide bonds. The fraction of sp³-hybridized carbons (Fsp3) is 0.389. The van der Waals surface area contributed by atoms with E-state index < -0.39 is 17.8 Å². The van der Waals surface area contributed by atoms with Crippen molar-refractivity contribution in [1.82, 2.24) is 4.98 Å². The van der Waals surface area contributed by atoms with E-state index in [4.69, 9.17) is 23.2 Å². The summed E-state index contributed by atoms with van der Waals surface area (Å²) in [6.07, 6.45) is 2.56. The van der Waals surface area contributed by atoms with Crippen LogP contribution >= 0.6 is 34.5 Å². The van der Waals surface area contributed by atoms with Gasteiger partial charge in [-0.3, -0.25) is 4.79 Å². The van der Waals surface area contributed by atoms with Crippen LogP contribution in [0.25, 0.3) is 11.3 Å². The minimum atomic E-state index is -1.12. The number of halogens is 2. The minimum absolute atomic E-state index is 0.0560. The van der Waals surface area contributed by atoms with Gasteiger partial charge in [-0.2, -0.15) is 0 Å². The molecule has 1 N–H and O–H groups in total. The predicted octanol–water partition coefficient (Wildman–Crippen LogP) is 3.47. The Morgan fingerprint density at radius 2 is 1.92 bits per heavy atom. The van der Waals surface area contributed by atoms with Gasteiger partial charge in [0.15, 0.2) is 5.13 Å². The Kier molecular flexibility index (Phi) is 4.67. The van der Waals surface area contributed by atoms with Gasteiger partial charge in [0.2, 0.25) is 5.91 Å². The lowest BCUT2D eigenvalue weighted by molar-refractivity contribution is -0.314. The molecule has 1 heterocycles. The van der Waals surface area contributed by atoms with Crippen molar-refractivity contribution in [3.8, 4) is 11.3 Å². The first-order valence-electron chi connectivity index (χ1n) is 8.36. The predicted molar refractivity (Wildman–Crippen MR) is 99.0 cm³/mol. The van der Waals surface area contributed by atoms with Crippen LogP contribution in [0.2, 0.25) is 10.0 Å². The maximum atomic E-state index is 12.7. The van der Waals surface area contributed by atoms with Crippen LogP contribution in [0.4, 0.5) is 5.13 Å². The molecule has 1 aromatic carbocycles. The number of rotatable bonds is 4. The van der Waals surface area contributed by atoms with Crippen LogP contribution < -0.4 is 10.4 Å². The lowest BCUT2D eigenvalue weighted by Gasteiger charge is -2.30. The van der Waals surface area contributed by atoms with E-state index in [1.165, 1.54) is 11.3 Å². The van der Waals surface area contributed by atoms with Crippen molar-refractivity contribution in [2.45, 2.75) is 19.3 Å². The summed E-state index contributed by atoms with van der Waals surface area (Å²) in [5.41, 5.74) is 1.36. The number of aliphatic carboxylic acids is 1. The van der Waals surface area contributed by atoms with Crippen molar-refractivity contribution >= 4 is 51.5 Å². The number of carboxylic acid groups (broad SMARTS) is 1. The molecule has 26 heavy (non-hydrogen) atoms. The molecular weight excluding hydrogens is 395 g/mol. The Morgan fingerprint density at radius 3 is 2.62 bits per heavy atom. The first-order chi connectivity index (χ1) is 12.4. The number of amides is 1. The number of anilines is 1. The summed E-state index contributed by atoms with van der Waals surface area (Å²) in [4.78, 5) is 28.6. The van der Waals surface area contributed by atoms with Gasteiger partial charge in [-0.15, -0.1) is 11.3 Å². The third kappa shape index (κ3) is 3.10. The summed E-state index contributed by atoms with van der Waals surface area (Å²) in [7, 11) is 0. The van der Waals surface area contributed by atoms with Crippen molar-refractivity contribution in [1.29, 1.82) is 0 Å². The largest absolute Gasteiger partial charge is 0.550 e. The average molecular weight is 410 g/mol. The maximum Gasteiger partial charge on any atom is 0.230 e. The van der Waals surface area contributed by atoms with Gasteiger partial charge in [0.05, 0.1) is 10.7 Å². The van der Waals surface area contributed by atoms with Crippen molar-refractivity contribution in [3.63, 3.8) is 0 Å². The molecule has 2 saturated carbocycles. The molecule has 0 saturated heterocycles. The monoisotopic (exact) mass is 409 g/mol. The first kappa shape index (κ1) is 17.8. The van der Waals surface area contributed by atoms with Crippen LogP contribution in [0, 0.1) is 23.7 Å². The molecule has 5 nitrogen and oxygen atoms in total. The molecule has 2 aliphatic carbocycles. The number of carboxylic acids is 1. The Morgan fingerprint density at radius 1 is 1.19 bits per heavy atom. The van der Waals surface area contributed by atoms with E-state index in [9.17, 15) is 14.7 Å². The Hall–Kier alpha value is -1.63. The fourth-order valence-corrected chi connectivity index (χ4v) is 5.57. The van der Waals surface area contributed by atoms with Gasteiger partial charge in [-0.1, -0.05) is 23.2 Å². The average Bonchev–Trinajstić information content (AvgIpc) is 3.29. The highest BCUT2D eigenvalue weighted by atomic mass is 35.5. The number of nitrogens with zero attached hydrogens (tertiary/aromatic N) is 1. The maximum absolute atomic E-state index is 12.7. The molecule has 2 fully saturated rings. The fourth-order valence-electron chi connectivity index (χ4n) is 4.35. The number of benzene rings is 1. The van der Waals surface area contributed by atoms with Crippen molar-refractivity contribution in [2.75, 3.05) is 5.32 Å². The van der Waals surface area contributed by atoms with E-state index in [0.29, 0.717) is 20.9 Å². The second-order valence-corrected chi connectivity index (χ2v) is 8.56. The highest BCUT2D eigenvalue weighted by Crippen LogP contribution is 2.52. The lowest BCUT2D eigenvalue weighted by atomic mass is 9.79. The molecule has 0 radical (unpaired) electrons. The molecule has 4 rings (SSSR count). The van der Waals surface area contributed by atoms with Gasteiger partial charge in [0, 0.05) is 33.8 Å². The van der Waals surface area contributed by atoms with Gasteiger partial charge >= 0.3 is 0 Å². The van der Waals surface area contributed by atoms with E-state index in [1.807, 2.05) is 0 Å². The molecule has 8 heteroatoms. The van der Waals surface area contributed by atoms with E-state index in [2.05, 4.69) is 10.3 Å². The van der Waals surface area contributed by atoms with Crippen LogP contribution in [-0.2, 0) is 9.59 Å². The van der Waals surface area contributed by atoms with Gasteiger partial charge in [0.1, 0.15) is 0 Å². The number of thiazole rings is 1. The topological polar surface area (TPSA) is 82.1 Å². The number of hydrogen-bond acceptors (Lipinski definition) is 5. The van der Waals surface area contributed by atoms with Crippen LogP contribution in [0.3, 0.4) is 0 Å². The van der Waals surface area contributed by atoms with Gasteiger partial charge < -0.3 is 15.2 Å².